The first-order chi connectivity index (χ1) is 60.4. The number of nitrogens with one attached hydrogen (secondary N) is 2. The van der Waals surface area contributed by atoms with Crippen LogP contribution in [0.3, 0.4) is 0 Å². The van der Waals surface area contributed by atoms with E-state index in [0.717, 1.165) is 22.3 Å². The van der Waals surface area contributed by atoms with Crippen molar-refractivity contribution in [3.63, 3.8) is 0 Å². The zero-order valence-electron chi connectivity index (χ0n) is 76.5. The highest BCUT2D eigenvalue weighted by molar-refractivity contribution is 5.99. The summed E-state index contributed by atoms with van der Waals surface area (Å²) in [4.78, 5) is 211. The van der Waals surface area contributed by atoms with Crippen LogP contribution in [-0.4, -0.2) is 171 Å². The highest BCUT2D eigenvalue weighted by Crippen LogP contribution is 2.70. The first-order valence-corrected chi connectivity index (χ1v) is 44.8. The maximum atomic E-state index is 14.1. The Balaban J connectivity index is 0.000000146. The fraction of sp³-hybridized carbons (Fsp3) is 0.667. The van der Waals surface area contributed by atoms with Gasteiger partial charge in [0.15, 0.2) is 23.1 Å². The fourth-order valence-corrected chi connectivity index (χ4v) is 26.9. The van der Waals surface area contributed by atoms with E-state index in [2.05, 4.69) is 10.6 Å². The molecule has 0 radical (unpaired) electrons. The van der Waals surface area contributed by atoms with Gasteiger partial charge >= 0.3 is 47.8 Å². The predicted octanol–water partition coefficient (Wildman–Crippen LogP) is 11.8. The average molecular weight is 1780 g/mol. The van der Waals surface area contributed by atoms with Gasteiger partial charge in [0.1, 0.15) is 24.4 Å². The number of carbonyl (C=O) groups excluding carboxylic acids is 16. The summed E-state index contributed by atoms with van der Waals surface area (Å²) >= 11 is 0. The molecule has 32 heteroatoms. The third-order valence-corrected chi connectivity index (χ3v) is 33.3. The zero-order chi connectivity index (χ0) is 93.4. The summed E-state index contributed by atoms with van der Waals surface area (Å²) in [5.41, 5.74) is -2.67. The molecule has 28 atom stereocenters. The lowest BCUT2D eigenvalue weighted by Crippen LogP contribution is -2.66. The van der Waals surface area contributed by atoms with Crippen LogP contribution in [0.1, 0.15) is 245 Å². The molecule has 4 unspecified atom stereocenters. The van der Waals surface area contributed by atoms with Crippen LogP contribution in [0.2, 0.25) is 0 Å². The zero-order valence-corrected chi connectivity index (χ0v) is 76.5. The second kappa shape index (κ2) is 36.1. The Morgan fingerprint density at radius 1 is 0.375 bits per heavy atom. The van der Waals surface area contributed by atoms with Gasteiger partial charge in [-0.25, -0.2) is 0 Å². The van der Waals surface area contributed by atoms with Gasteiger partial charge in [0, 0.05) is 86.7 Å². The summed E-state index contributed by atoms with van der Waals surface area (Å²) in [5.74, 6) is -10.6. The summed E-state index contributed by atoms with van der Waals surface area (Å²) in [5, 5.41) is 5.54. The average Bonchev–Trinajstić information content (AvgIpc) is 0.823. The van der Waals surface area contributed by atoms with Crippen molar-refractivity contribution >= 4 is 94.5 Å². The smallest absolute Gasteiger partial charge is 0.310 e. The Morgan fingerprint density at radius 3 is 0.883 bits per heavy atom. The second-order valence-electron chi connectivity index (χ2n) is 40.0. The van der Waals surface area contributed by atoms with E-state index < -0.39 is 163 Å². The van der Waals surface area contributed by atoms with Gasteiger partial charge in [-0.1, -0.05) is 69.2 Å². The number of methoxy groups -OCH3 is 4. The molecule has 16 rings (SSSR count). The van der Waals surface area contributed by atoms with Gasteiger partial charge in [0.05, 0.1) is 150 Å². The van der Waals surface area contributed by atoms with Gasteiger partial charge in [0.25, 0.3) is 0 Å². The second-order valence-corrected chi connectivity index (χ2v) is 40.0. The van der Waals surface area contributed by atoms with Crippen molar-refractivity contribution in [2.75, 3.05) is 42.5 Å². The van der Waals surface area contributed by atoms with Crippen molar-refractivity contribution in [3.05, 3.63) is 96.6 Å². The van der Waals surface area contributed by atoms with Crippen LogP contribution >= 0.6 is 0 Å². The number of fused-ring (bicyclic) bond motifs is 12. The number of hydrogen-bond donors (Lipinski definition) is 2. The molecule has 8 aliphatic carbocycles. The summed E-state index contributed by atoms with van der Waals surface area (Å²) in [6.45, 7) is 21.9. The van der Waals surface area contributed by atoms with E-state index in [0.29, 0.717) is 77.0 Å². The SMILES string of the molecule is CCC(=O)N(C)[C@@H]1C[C@@H](C(=O)OC)[C@]2(C)CC[C@H]3C(=O)O[C@H](c4ccoc4)C[C@]3(C)C2C1=O.CCC(=O)N[C@@H]1C[C@@H](C(=O)OC)[C@]2(C)CC[C@H]3C(=O)O[C@H](c4ccoc4)C[C@]3(C)C2C1=O.COC(=O)[C@@H]1C[C@@H](NC(C)=O)C(=O)C2[C@@]1(C)CC[C@H]1C(=O)O[C@H](c3ccoc3)C[C@]21C.COC(=O)[C@@H]1C[C@H](N(C)C(C)=O)C(=O)C2[C@@]1(C)CC[C@H]1C(=O)O[C@H](c3ccoc3)C[C@]21C. The molecule has 4 amide bonds. The molecule has 4 saturated heterocycles. The lowest BCUT2D eigenvalue weighted by atomic mass is 9.42. The number of esters is 8. The van der Waals surface area contributed by atoms with Crippen molar-refractivity contribution in [1.29, 1.82) is 0 Å². The number of cyclic esters (lactones) is 4. The van der Waals surface area contributed by atoms with Gasteiger partial charge in [-0.3, -0.25) is 76.7 Å². The number of nitrogens with zero attached hydrogens (tertiary/aromatic N) is 2. The normalized spacial score (nSPS) is 38.8. The lowest BCUT2D eigenvalue weighted by molar-refractivity contribution is -0.207. The number of amides is 4. The molecule has 4 aromatic heterocycles. The standard InChI is InChI=1S/C25H33NO7.2C24H31NO7.C23H29NO7/c1-6-19(27)26(4)17-11-16(22(29)31-5)24(2)9-7-15-23(30)33-18(14-8-10-32-13-14)12-25(15,3)21(24)20(17)28;1-13(26)25(4)17-10-16(21(28)30-5)23(2)8-6-15-22(29)32-18(14-7-9-31-12-14)11-24(15,3)20(23)19(17)27;1-5-18(26)25-16-10-15(21(28)30-4)23(2)8-6-14-22(29)32-17(13-7-9-31-12-13)11-24(14,3)20(23)19(16)27;1-12(25)24-16-9-15(20(27)29-4)22(2)7-5-14-21(28)31-17(13-6-8-30-11-13)10-23(14,3)19(22)18(16)26/h8,10,13,15-18,21H,6-7,9,11-12H2,1-5H3;7,9,12,15-18,20H,6,8,10-11H2,1-5H3;7,9,12,14-17,20H,5-6,8,10-11H2,1-4H3,(H,25,26);6,8,11,14-17,19H,5,7,9-10H2,1-4H3,(H,24,25)/t15-,16-,17+,18-,21?,24-,25-;15-,16-,17-,18-,20?,23-,24-;14-,15-,16+,17-,20?,23-,24-;14-,15-,16+,17-,19?,22-,23-/m0000/s1. The van der Waals surface area contributed by atoms with E-state index in [4.69, 9.17) is 55.6 Å². The van der Waals surface area contributed by atoms with Crippen molar-refractivity contribution in [1.82, 2.24) is 20.4 Å². The van der Waals surface area contributed by atoms with Crippen LogP contribution in [0.4, 0.5) is 0 Å². The number of Topliss-reactive ketones (excluding diaryl/α,β-unsaturated/α-hetero) is 4. The molecule has 32 nitrogen and oxygen atoms in total. The monoisotopic (exact) mass is 1780 g/mol. The van der Waals surface area contributed by atoms with Gasteiger partial charge in [0.2, 0.25) is 23.6 Å². The number of ether oxygens (including phenoxy) is 8. The van der Waals surface area contributed by atoms with Crippen molar-refractivity contribution in [3.8, 4) is 0 Å². The Morgan fingerprint density at radius 2 is 0.641 bits per heavy atom. The highest BCUT2D eigenvalue weighted by Gasteiger charge is 2.73. The Labute approximate surface area is 744 Å². The molecule has 8 saturated carbocycles. The van der Waals surface area contributed by atoms with Gasteiger partial charge in [-0.2, -0.15) is 0 Å². The van der Waals surface area contributed by atoms with Crippen molar-refractivity contribution in [2.24, 2.45) is 114 Å². The number of carbonyl (C=O) groups is 16. The summed E-state index contributed by atoms with van der Waals surface area (Å²) in [6.07, 6.45) is 17.6. The minimum absolute atomic E-state index is 0.0743. The Kier molecular flexibility index (Phi) is 26.8. The largest absolute Gasteiger partial charge is 0.472 e. The molecule has 0 aromatic carbocycles. The quantitative estimate of drug-likeness (QED) is 0.0874. The summed E-state index contributed by atoms with van der Waals surface area (Å²) in [6, 6.07) is 3.98. The highest BCUT2D eigenvalue weighted by atomic mass is 16.6. The molecular weight excluding hydrogens is 1660 g/mol. The molecule has 2 N–H and O–H groups in total. The van der Waals surface area contributed by atoms with E-state index in [1.54, 1.807) is 77.3 Å². The Hall–Kier alpha value is -10.6. The molecule has 0 spiro atoms. The van der Waals surface area contributed by atoms with E-state index in [-0.39, 0.29) is 133 Å². The van der Waals surface area contributed by atoms with Crippen LogP contribution in [-0.2, 0) is 115 Å². The summed E-state index contributed by atoms with van der Waals surface area (Å²) < 4.78 is 64.3. The minimum Gasteiger partial charge on any atom is -0.472 e. The van der Waals surface area contributed by atoms with Gasteiger partial charge < -0.3 is 76.0 Å². The molecule has 0 bridgehead atoms. The molecule has 12 aliphatic rings. The van der Waals surface area contributed by atoms with E-state index in [9.17, 15) is 76.7 Å². The summed E-state index contributed by atoms with van der Waals surface area (Å²) in [7, 11) is 8.60. The lowest BCUT2D eigenvalue weighted by Gasteiger charge is -2.61. The van der Waals surface area contributed by atoms with E-state index in [1.165, 1.54) is 77.1 Å². The Bertz CT molecular complexity index is 4940. The van der Waals surface area contributed by atoms with Crippen LogP contribution < -0.4 is 10.6 Å². The fourth-order valence-electron chi connectivity index (χ4n) is 26.9. The number of rotatable bonds is 14. The van der Waals surface area contributed by atoms with Crippen molar-refractivity contribution in [2.45, 2.75) is 247 Å². The number of furan rings is 4. The molecule has 4 aliphatic heterocycles. The number of likely N-dealkylation sites (N-methyl/N-ethyl adjacent to an activating group) is 2. The van der Waals surface area contributed by atoms with E-state index >= 15 is 0 Å². The molecule has 4 aromatic rings. The van der Waals surface area contributed by atoms with Crippen molar-refractivity contribution < 1.29 is 132 Å². The third kappa shape index (κ3) is 16.2. The maximum absolute atomic E-state index is 14.1. The first kappa shape index (κ1) is 95.0. The maximum Gasteiger partial charge on any atom is 0.310 e. The predicted molar refractivity (Wildman–Crippen MR) is 448 cm³/mol. The van der Waals surface area contributed by atoms with Crippen LogP contribution in [0.25, 0.3) is 0 Å². The number of ketones is 4. The van der Waals surface area contributed by atoms with Gasteiger partial charge in [-0.15, -0.1) is 0 Å². The molecule has 128 heavy (non-hydrogen) atoms. The topological polar surface area (TPSA) is 430 Å². The minimum atomic E-state index is -0.791. The van der Waals surface area contributed by atoms with E-state index in [1.807, 2.05) is 55.4 Å². The number of hydrogen-bond acceptors (Lipinski definition) is 28. The third-order valence-electron chi connectivity index (χ3n) is 33.3. The molecular formula is C96H124N4O28. The van der Waals surface area contributed by atoms with Crippen LogP contribution in [0.15, 0.2) is 92.0 Å². The molecule has 12 fully saturated rings. The van der Waals surface area contributed by atoms with Crippen LogP contribution in [0.5, 0.6) is 0 Å². The van der Waals surface area contributed by atoms with Gasteiger partial charge in [-0.05, 0) is 170 Å². The molecule has 8 heterocycles. The molecule has 696 valence electrons. The first-order valence-electron chi connectivity index (χ1n) is 44.8. The van der Waals surface area contributed by atoms with Crippen LogP contribution in [0, 0.1) is 114 Å².